The van der Waals surface area contributed by atoms with Gasteiger partial charge in [0.1, 0.15) is 23.2 Å². The lowest BCUT2D eigenvalue weighted by Gasteiger charge is -2.09. The predicted octanol–water partition coefficient (Wildman–Crippen LogP) is 3.29. The molecule has 0 aliphatic rings. The van der Waals surface area contributed by atoms with E-state index < -0.39 is 11.7 Å². The molecule has 2 heterocycles. The molecule has 3 aromatic rings. The molecular formula is C14H7F3N4. The summed E-state index contributed by atoms with van der Waals surface area (Å²) in [5, 5.41) is 8.96. The van der Waals surface area contributed by atoms with Gasteiger partial charge in [-0.15, -0.1) is 0 Å². The SMILES string of the molecule is N#Cc1cc2nccn2c(-c2ccc(C(F)(F)F)cc2)n1. The molecule has 0 bridgehead atoms. The summed E-state index contributed by atoms with van der Waals surface area (Å²) in [7, 11) is 0. The largest absolute Gasteiger partial charge is 0.416 e. The molecular weight excluding hydrogens is 281 g/mol. The highest BCUT2D eigenvalue weighted by Crippen LogP contribution is 2.30. The number of fused-ring (bicyclic) bond motifs is 1. The number of aromatic nitrogens is 3. The maximum absolute atomic E-state index is 12.6. The van der Waals surface area contributed by atoms with Crippen LogP contribution in [-0.2, 0) is 6.18 Å². The Balaban J connectivity index is 2.16. The summed E-state index contributed by atoms with van der Waals surface area (Å²) in [4.78, 5) is 8.20. The molecule has 1 aromatic carbocycles. The Kier molecular flexibility index (Phi) is 2.87. The van der Waals surface area contributed by atoms with E-state index in [-0.39, 0.29) is 5.69 Å². The summed E-state index contributed by atoms with van der Waals surface area (Å²) in [6.07, 6.45) is -1.22. The van der Waals surface area contributed by atoms with Crippen LogP contribution in [0.15, 0.2) is 42.7 Å². The topological polar surface area (TPSA) is 54.0 Å². The number of imidazole rings is 1. The number of alkyl halides is 3. The molecule has 2 aromatic heterocycles. The van der Waals surface area contributed by atoms with E-state index in [1.54, 1.807) is 10.6 Å². The summed E-state index contributed by atoms with van der Waals surface area (Å²) in [5.41, 5.74) is 0.410. The first-order chi connectivity index (χ1) is 9.99. The highest BCUT2D eigenvalue weighted by molar-refractivity contribution is 5.61. The van der Waals surface area contributed by atoms with Gasteiger partial charge in [-0.1, -0.05) is 12.1 Å². The van der Waals surface area contributed by atoms with Crippen molar-refractivity contribution in [2.45, 2.75) is 6.18 Å². The fraction of sp³-hybridized carbons (Fsp3) is 0.0714. The predicted molar refractivity (Wildman–Crippen MR) is 68.1 cm³/mol. The highest BCUT2D eigenvalue weighted by atomic mass is 19.4. The number of nitrogens with zero attached hydrogens (tertiary/aromatic N) is 4. The van der Waals surface area contributed by atoms with Crippen molar-refractivity contribution in [3.05, 3.63) is 54.0 Å². The second-order valence-corrected chi connectivity index (χ2v) is 4.31. The van der Waals surface area contributed by atoms with Gasteiger partial charge < -0.3 is 0 Å². The van der Waals surface area contributed by atoms with Gasteiger partial charge in [0.2, 0.25) is 0 Å². The zero-order chi connectivity index (χ0) is 15.0. The van der Waals surface area contributed by atoms with Gasteiger partial charge in [0, 0.05) is 24.0 Å². The Labute approximate surface area is 117 Å². The van der Waals surface area contributed by atoms with Gasteiger partial charge in [-0.05, 0) is 12.1 Å². The minimum atomic E-state index is -4.38. The highest BCUT2D eigenvalue weighted by Gasteiger charge is 2.30. The number of rotatable bonds is 1. The molecule has 4 nitrogen and oxygen atoms in total. The summed E-state index contributed by atoms with van der Waals surface area (Å²) in [5.74, 6) is 0.371. The van der Waals surface area contributed by atoms with Crippen LogP contribution in [0.3, 0.4) is 0 Å². The van der Waals surface area contributed by atoms with Crippen LogP contribution in [0.1, 0.15) is 11.3 Å². The molecule has 0 spiro atoms. The Bertz CT molecular complexity index is 841. The Morgan fingerprint density at radius 2 is 1.86 bits per heavy atom. The first-order valence-electron chi connectivity index (χ1n) is 5.91. The Morgan fingerprint density at radius 1 is 1.14 bits per heavy atom. The molecule has 0 unspecified atom stereocenters. The van der Waals surface area contributed by atoms with Crippen LogP contribution >= 0.6 is 0 Å². The molecule has 104 valence electrons. The van der Waals surface area contributed by atoms with Crippen molar-refractivity contribution in [1.29, 1.82) is 5.26 Å². The fourth-order valence-corrected chi connectivity index (χ4v) is 1.99. The summed E-state index contributed by atoms with van der Waals surface area (Å²) < 4.78 is 39.3. The van der Waals surface area contributed by atoms with Crippen molar-refractivity contribution in [3.63, 3.8) is 0 Å². The zero-order valence-corrected chi connectivity index (χ0v) is 10.5. The molecule has 0 aliphatic carbocycles. The average molecular weight is 288 g/mol. The summed E-state index contributed by atoms with van der Waals surface area (Å²) >= 11 is 0. The van der Waals surface area contributed by atoms with Gasteiger partial charge in [0.15, 0.2) is 0 Å². The van der Waals surface area contributed by atoms with E-state index >= 15 is 0 Å². The van der Waals surface area contributed by atoms with Crippen LogP contribution in [0.25, 0.3) is 17.0 Å². The molecule has 0 atom stereocenters. The summed E-state index contributed by atoms with van der Waals surface area (Å²) in [6, 6.07) is 8.04. The van der Waals surface area contributed by atoms with E-state index in [0.29, 0.717) is 17.0 Å². The maximum atomic E-state index is 12.6. The van der Waals surface area contributed by atoms with Gasteiger partial charge in [-0.25, -0.2) is 9.97 Å². The van der Waals surface area contributed by atoms with Crippen molar-refractivity contribution < 1.29 is 13.2 Å². The van der Waals surface area contributed by atoms with Crippen LogP contribution in [0, 0.1) is 11.3 Å². The minimum Gasteiger partial charge on any atom is -0.284 e. The second kappa shape index (κ2) is 4.59. The molecule has 0 radical (unpaired) electrons. The van der Waals surface area contributed by atoms with Crippen LogP contribution in [0.4, 0.5) is 13.2 Å². The summed E-state index contributed by atoms with van der Waals surface area (Å²) in [6.45, 7) is 0. The van der Waals surface area contributed by atoms with Gasteiger partial charge in [-0.2, -0.15) is 18.4 Å². The molecule has 0 amide bonds. The molecule has 7 heteroatoms. The number of hydrogen-bond acceptors (Lipinski definition) is 3. The Morgan fingerprint density at radius 3 is 2.48 bits per heavy atom. The van der Waals surface area contributed by atoms with Crippen LogP contribution in [0.2, 0.25) is 0 Å². The molecule has 0 saturated heterocycles. The van der Waals surface area contributed by atoms with Gasteiger partial charge in [0.25, 0.3) is 0 Å². The minimum absolute atomic E-state index is 0.156. The molecule has 0 N–H and O–H groups in total. The van der Waals surface area contributed by atoms with Crippen molar-refractivity contribution in [1.82, 2.24) is 14.4 Å². The van der Waals surface area contributed by atoms with E-state index in [4.69, 9.17) is 5.26 Å². The maximum Gasteiger partial charge on any atom is 0.416 e. The van der Waals surface area contributed by atoms with Crippen molar-refractivity contribution in [3.8, 4) is 17.5 Å². The second-order valence-electron chi connectivity index (χ2n) is 4.31. The van der Waals surface area contributed by atoms with Gasteiger partial charge in [0.05, 0.1) is 5.56 Å². The zero-order valence-electron chi connectivity index (χ0n) is 10.5. The average Bonchev–Trinajstić information content (AvgIpc) is 2.93. The number of halogens is 3. The normalized spacial score (nSPS) is 11.5. The lowest BCUT2D eigenvalue weighted by atomic mass is 10.1. The van der Waals surface area contributed by atoms with Crippen molar-refractivity contribution in [2.75, 3.05) is 0 Å². The fourth-order valence-electron chi connectivity index (χ4n) is 1.99. The van der Waals surface area contributed by atoms with Crippen LogP contribution in [-0.4, -0.2) is 14.4 Å². The van der Waals surface area contributed by atoms with Crippen LogP contribution < -0.4 is 0 Å². The number of benzene rings is 1. The molecule has 3 rings (SSSR count). The third kappa shape index (κ3) is 2.31. The van der Waals surface area contributed by atoms with Crippen LogP contribution in [0.5, 0.6) is 0 Å². The monoisotopic (exact) mass is 288 g/mol. The third-order valence-corrected chi connectivity index (χ3v) is 2.97. The molecule has 0 fully saturated rings. The van der Waals surface area contributed by atoms with E-state index in [1.165, 1.54) is 24.4 Å². The molecule has 0 aliphatic heterocycles. The lowest BCUT2D eigenvalue weighted by Crippen LogP contribution is -2.04. The Hall–Kier alpha value is -2.88. The lowest BCUT2D eigenvalue weighted by molar-refractivity contribution is -0.137. The first kappa shape index (κ1) is 13.1. The van der Waals surface area contributed by atoms with Gasteiger partial charge >= 0.3 is 6.18 Å². The van der Waals surface area contributed by atoms with Crippen molar-refractivity contribution in [2.24, 2.45) is 0 Å². The van der Waals surface area contributed by atoms with E-state index in [2.05, 4.69) is 9.97 Å². The molecule has 21 heavy (non-hydrogen) atoms. The number of nitriles is 1. The van der Waals surface area contributed by atoms with E-state index in [9.17, 15) is 13.2 Å². The standard InChI is InChI=1S/C14H7F3N4/c15-14(16,17)10-3-1-9(2-4-10)13-20-11(8-18)7-12-19-5-6-21(12)13/h1-7H. The number of hydrogen-bond donors (Lipinski definition) is 0. The smallest absolute Gasteiger partial charge is 0.284 e. The van der Waals surface area contributed by atoms with Gasteiger partial charge in [-0.3, -0.25) is 4.40 Å². The van der Waals surface area contributed by atoms with E-state index in [0.717, 1.165) is 12.1 Å². The van der Waals surface area contributed by atoms with Crippen molar-refractivity contribution >= 4 is 5.65 Å². The van der Waals surface area contributed by atoms with E-state index in [1.807, 2.05) is 6.07 Å². The third-order valence-electron chi connectivity index (χ3n) is 2.97. The molecule has 0 saturated carbocycles. The first-order valence-corrected chi connectivity index (χ1v) is 5.91. The quantitative estimate of drug-likeness (QED) is 0.690.